The largest absolute Gasteiger partial charge is 0.483 e. The van der Waals surface area contributed by atoms with E-state index in [-0.39, 0.29) is 6.61 Å². The van der Waals surface area contributed by atoms with Crippen molar-refractivity contribution >= 4 is 0 Å². The molecule has 0 bridgehead atoms. The van der Waals surface area contributed by atoms with E-state index < -0.39 is 0 Å². The van der Waals surface area contributed by atoms with E-state index in [1.807, 2.05) is 28.8 Å². The topological polar surface area (TPSA) is 60.2 Å². The van der Waals surface area contributed by atoms with Gasteiger partial charge in [-0.3, -0.25) is 4.57 Å². The molecule has 1 aromatic heterocycles. The number of benzene rings is 1. The van der Waals surface area contributed by atoms with Gasteiger partial charge in [-0.1, -0.05) is 12.1 Å². The highest BCUT2D eigenvalue weighted by molar-refractivity contribution is 5.49. The van der Waals surface area contributed by atoms with Gasteiger partial charge in [0.05, 0.1) is 5.69 Å². The molecule has 0 amide bonds. The minimum absolute atomic E-state index is 0.167. The van der Waals surface area contributed by atoms with Crippen molar-refractivity contribution in [3.8, 4) is 11.4 Å². The van der Waals surface area contributed by atoms with Crippen molar-refractivity contribution in [2.45, 2.75) is 19.4 Å². The average Bonchev–Trinajstić information content (AvgIpc) is 2.80. The normalized spacial score (nSPS) is 12.8. The molecule has 0 fully saturated rings. The van der Waals surface area contributed by atoms with Gasteiger partial charge in [-0.25, -0.2) is 0 Å². The number of hydrogen-bond acceptors (Lipinski definition) is 4. The van der Waals surface area contributed by atoms with E-state index in [9.17, 15) is 0 Å². The molecule has 5 nitrogen and oxygen atoms in total. The van der Waals surface area contributed by atoms with Gasteiger partial charge in [0.2, 0.25) is 0 Å². The number of aryl methyl sites for hydroxylation is 1. The molecule has 88 valence electrons. The quantitative estimate of drug-likeness (QED) is 0.858. The number of hydrogen-bond donors (Lipinski definition) is 1. The van der Waals surface area contributed by atoms with E-state index in [0.717, 1.165) is 29.5 Å². The summed E-state index contributed by atoms with van der Waals surface area (Å²) in [6.07, 6.45) is 1.42. The van der Waals surface area contributed by atoms with Crippen molar-refractivity contribution in [2.75, 3.05) is 6.61 Å². The van der Waals surface area contributed by atoms with Crippen LogP contribution in [-0.2, 0) is 13.0 Å². The molecule has 2 heterocycles. The molecule has 0 spiro atoms. The first-order chi connectivity index (χ1) is 8.40. The van der Waals surface area contributed by atoms with E-state index in [2.05, 4.69) is 10.2 Å². The maximum absolute atomic E-state index is 8.88. The van der Waals surface area contributed by atoms with E-state index in [1.54, 1.807) is 0 Å². The molecule has 1 N–H and O–H groups in total. The van der Waals surface area contributed by atoms with Crippen molar-refractivity contribution in [2.24, 2.45) is 0 Å². The van der Waals surface area contributed by atoms with Crippen molar-refractivity contribution in [3.05, 3.63) is 35.9 Å². The molecule has 17 heavy (non-hydrogen) atoms. The molecule has 1 aromatic carbocycles. The summed E-state index contributed by atoms with van der Waals surface area (Å²) in [5.74, 6) is 2.55. The van der Waals surface area contributed by atoms with Gasteiger partial charge in [-0.05, 0) is 18.6 Å². The summed E-state index contributed by atoms with van der Waals surface area (Å²) in [6.45, 7) is 0.615. The van der Waals surface area contributed by atoms with Crippen LogP contribution < -0.4 is 4.74 Å². The molecular weight excluding hydrogens is 218 g/mol. The maximum Gasteiger partial charge on any atom is 0.175 e. The summed E-state index contributed by atoms with van der Waals surface area (Å²) in [5.41, 5.74) is 0.978. The molecule has 0 atom stereocenters. The van der Waals surface area contributed by atoms with Crippen molar-refractivity contribution in [3.63, 3.8) is 0 Å². The van der Waals surface area contributed by atoms with Gasteiger partial charge < -0.3 is 9.84 Å². The second kappa shape index (κ2) is 4.18. The molecule has 0 saturated carbocycles. The summed E-state index contributed by atoms with van der Waals surface area (Å²) in [4.78, 5) is 0. The summed E-state index contributed by atoms with van der Waals surface area (Å²) >= 11 is 0. The van der Waals surface area contributed by atoms with Crippen LogP contribution in [0.5, 0.6) is 5.75 Å². The third-order valence-corrected chi connectivity index (χ3v) is 2.82. The Morgan fingerprint density at radius 3 is 3.06 bits per heavy atom. The van der Waals surface area contributed by atoms with Crippen LogP contribution in [0.15, 0.2) is 24.3 Å². The summed E-state index contributed by atoms with van der Waals surface area (Å²) in [6, 6.07) is 7.84. The lowest BCUT2D eigenvalue weighted by Gasteiger charge is -2.19. The maximum atomic E-state index is 8.88. The lowest BCUT2D eigenvalue weighted by atomic mass is 10.2. The Balaban J connectivity index is 2.06. The van der Waals surface area contributed by atoms with Crippen LogP contribution in [0.25, 0.3) is 5.69 Å². The van der Waals surface area contributed by atoms with Crippen LogP contribution in [-0.4, -0.2) is 26.5 Å². The standard InChI is InChI=1S/C12H13N3O2/c16-7-3-6-11-13-14-12-8-17-10-5-2-1-4-9(10)15(11)12/h1-2,4-5,16H,3,6-8H2. The van der Waals surface area contributed by atoms with Crippen LogP contribution in [0.4, 0.5) is 0 Å². The Labute approximate surface area is 98.7 Å². The Bertz CT molecular complexity index is 536. The summed E-state index contributed by atoms with van der Waals surface area (Å²) < 4.78 is 7.62. The number of aromatic nitrogens is 3. The SMILES string of the molecule is OCCCc1nnc2n1-c1ccccc1OC2. The van der Waals surface area contributed by atoms with E-state index in [4.69, 9.17) is 9.84 Å². The zero-order valence-corrected chi connectivity index (χ0v) is 9.33. The third kappa shape index (κ3) is 1.68. The second-order valence-corrected chi connectivity index (χ2v) is 3.95. The first kappa shape index (κ1) is 10.3. The van der Waals surface area contributed by atoms with Crippen LogP contribution in [0.2, 0.25) is 0 Å². The zero-order valence-electron chi connectivity index (χ0n) is 9.33. The number of aliphatic hydroxyl groups is 1. The second-order valence-electron chi connectivity index (χ2n) is 3.95. The molecule has 5 heteroatoms. The van der Waals surface area contributed by atoms with Crippen LogP contribution >= 0.6 is 0 Å². The van der Waals surface area contributed by atoms with Crippen molar-refractivity contribution in [1.29, 1.82) is 0 Å². The summed E-state index contributed by atoms with van der Waals surface area (Å²) in [5, 5.41) is 17.2. The minimum Gasteiger partial charge on any atom is -0.483 e. The number of nitrogens with zero attached hydrogens (tertiary/aromatic N) is 3. The number of aliphatic hydroxyl groups excluding tert-OH is 1. The monoisotopic (exact) mass is 231 g/mol. The highest BCUT2D eigenvalue weighted by Crippen LogP contribution is 2.29. The number of rotatable bonds is 3. The lowest BCUT2D eigenvalue weighted by Crippen LogP contribution is -2.15. The highest BCUT2D eigenvalue weighted by Gasteiger charge is 2.21. The molecular formula is C12H13N3O2. The van der Waals surface area contributed by atoms with Gasteiger partial charge in [0.1, 0.15) is 18.2 Å². The molecule has 0 saturated heterocycles. The predicted octanol–water partition coefficient (Wildman–Crippen LogP) is 1.08. The molecule has 0 aliphatic carbocycles. The van der Waals surface area contributed by atoms with Gasteiger partial charge in [0.25, 0.3) is 0 Å². The van der Waals surface area contributed by atoms with Gasteiger partial charge in [0.15, 0.2) is 5.82 Å². The van der Waals surface area contributed by atoms with Crippen LogP contribution in [0, 0.1) is 0 Å². The molecule has 1 aliphatic rings. The minimum atomic E-state index is 0.167. The first-order valence-corrected chi connectivity index (χ1v) is 5.66. The molecule has 0 radical (unpaired) electrons. The fraction of sp³-hybridized carbons (Fsp3) is 0.333. The van der Waals surface area contributed by atoms with Gasteiger partial charge in [-0.2, -0.15) is 0 Å². The number of ether oxygens (including phenoxy) is 1. The Kier molecular flexibility index (Phi) is 2.53. The van der Waals surface area contributed by atoms with Gasteiger partial charge in [-0.15, -0.1) is 10.2 Å². The first-order valence-electron chi connectivity index (χ1n) is 5.66. The Hall–Kier alpha value is -1.88. The molecule has 0 unspecified atom stereocenters. The van der Waals surface area contributed by atoms with Gasteiger partial charge >= 0.3 is 0 Å². The van der Waals surface area contributed by atoms with Gasteiger partial charge in [0, 0.05) is 13.0 Å². The van der Waals surface area contributed by atoms with E-state index in [1.165, 1.54) is 0 Å². The zero-order chi connectivity index (χ0) is 11.7. The lowest BCUT2D eigenvalue weighted by molar-refractivity contribution is 0.276. The van der Waals surface area contributed by atoms with E-state index >= 15 is 0 Å². The van der Waals surface area contributed by atoms with Crippen LogP contribution in [0.3, 0.4) is 0 Å². The van der Waals surface area contributed by atoms with Crippen LogP contribution in [0.1, 0.15) is 18.1 Å². The predicted molar refractivity (Wildman–Crippen MR) is 61.1 cm³/mol. The Morgan fingerprint density at radius 1 is 1.29 bits per heavy atom. The Morgan fingerprint density at radius 2 is 2.18 bits per heavy atom. The number of fused-ring (bicyclic) bond motifs is 3. The van der Waals surface area contributed by atoms with Crippen molar-refractivity contribution < 1.29 is 9.84 Å². The van der Waals surface area contributed by atoms with Crippen molar-refractivity contribution in [1.82, 2.24) is 14.8 Å². The van der Waals surface area contributed by atoms with E-state index in [0.29, 0.717) is 13.0 Å². The fourth-order valence-corrected chi connectivity index (χ4v) is 2.03. The average molecular weight is 231 g/mol. The molecule has 1 aliphatic heterocycles. The highest BCUT2D eigenvalue weighted by atomic mass is 16.5. The fourth-order valence-electron chi connectivity index (χ4n) is 2.03. The molecule has 3 rings (SSSR count). The summed E-state index contributed by atoms with van der Waals surface area (Å²) in [7, 11) is 0. The molecule has 2 aromatic rings. The smallest absolute Gasteiger partial charge is 0.175 e. The number of para-hydroxylation sites is 2. The third-order valence-electron chi connectivity index (χ3n) is 2.82.